The molecule has 4 fully saturated rings. The Morgan fingerprint density at radius 1 is 0.900 bits per heavy atom. The van der Waals surface area contributed by atoms with Crippen molar-refractivity contribution in [2.75, 3.05) is 32.7 Å². The molecule has 6 nitrogen and oxygen atoms in total. The average Bonchev–Trinajstić information content (AvgIpc) is 3.36. The molecule has 5 rings (SSSR count). The Balaban J connectivity index is 1.18. The summed E-state index contributed by atoms with van der Waals surface area (Å²) in [5, 5.41) is 0. The SMILES string of the molecule is O=C(CN1C(=O)[C@H]2[C@@H]3C[C@H]([C@@H](Br)[C@H]3Br)[C@@H]2C1=O)N1CCN(Cc2ccccc2)CC1. The van der Waals surface area contributed by atoms with Gasteiger partial charge in [-0.3, -0.25) is 24.2 Å². The predicted molar refractivity (Wildman–Crippen MR) is 119 cm³/mol. The quantitative estimate of drug-likeness (QED) is 0.435. The highest BCUT2D eigenvalue weighted by molar-refractivity contribution is 9.12. The molecule has 2 saturated heterocycles. The number of benzene rings is 1. The highest BCUT2D eigenvalue weighted by atomic mass is 79.9. The Morgan fingerprint density at radius 2 is 1.47 bits per heavy atom. The van der Waals surface area contributed by atoms with Crippen LogP contribution in [0, 0.1) is 23.7 Å². The minimum absolute atomic E-state index is 0.108. The number of hydrogen-bond donors (Lipinski definition) is 0. The lowest BCUT2D eigenvalue weighted by Gasteiger charge is -2.35. The Kier molecular flexibility index (Phi) is 5.52. The van der Waals surface area contributed by atoms with E-state index in [0.717, 1.165) is 26.1 Å². The minimum atomic E-state index is -0.254. The number of carbonyl (C=O) groups is 3. The summed E-state index contributed by atoms with van der Waals surface area (Å²) in [5.41, 5.74) is 1.27. The van der Waals surface area contributed by atoms with Crippen LogP contribution >= 0.6 is 31.9 Å². The second kappa shape index (κ2) is 8.02. The molecule has 1 aromatic carbocycles. The summed E-state index contributed by atoms with van der Waals surface area (Å²) in [7, 11) is 0. The zero-order chi connectivity index (χ0) is 21.0. The van der Waals surface area contributed by atoms with Gasteiger partial charge in [0.15, 0.2) is 0 Å². The second-order valence-corrected chi connectivity index (χ2v) is 11.0. The molecule has 2 aliphatic heterocycles. The molecule has 3 amide bonds. The monoisotopic (exact) mass is 537 g/mol. The standard InChI is InChI=1S/C22H25Br2N3O3/c23-19-14-10-15(20(19)24)18-17(14)21(29)27(22(18)30)12-16(28)26-8-6-25(7-9-26)11-13-4-2-1-3-5-13/h1-5,14-15,17-20H,6-12H2/t14-,15-,17-,18-,19-,20+/m0/s1. The van der Waals surface area contributed by atoms with Crippen molar-refractivity contribution in [3.05, 3.63) is 35.9 Å². The lowest BCUT2D eigenvalue weighted by Crippen LogP contribution is -2.51. The molecule has 0 N–H and O–H groups in total. The van der Waals surface area contributed by atoms with Crippen molar-refractivity contribution in [3.8, 4) is 0 Å². The lowest BCUT2D eigenvalue weighted by molar-refractivity contribution is -0.147. The van der Waals surface area contributed by atoms with Gasteiger partial charge in [0.2, 0.25) is 17.7 Å². The first-order valence-electron chi connectivity index (χ1n) is 10.6. The van der Waals surface area contributed by atoms with Crippen molar-refractivity contribution in [1.82, 2.24) is 14.7 Å². The molecule has 4 aliphatic rings. The van der Waals surface area contributed by atoms with E-state index in [0.29, 0.717) is 13.1 Å². The zero-order valence-corrected chi connectivity index (χ0v) is 19.8. The van der Waals surface area contributed by atoms with Gasteiger partial charge in [-0.25, -0.2) is 0 Å². The van der Waals surface area contributed by atoms with Crippen molar-refractivity contribution in [2.45, 2.75) is 22.6 Å². The van der Waals surface area contributed by atoms with Gasteiger partial charge in [-0.1, -0.05) is 62.2 Å². The van der Waals surface area contributed by atoms with Gasteiger partial charge in [0.25, 0.3) is 0 Å². The van der Waals surface area contributed by atoms with E-state index in [2.05, 4.69) is 48.9 Å². The first-order chi connectivity index (χ1) is 14.5. The van der Waals surface area contributed by atoms with Gasteiger partial charge in [-0.2, -0.15) is 0 Å². The maximum atomic E-state index is 13.0. The van der Waals surface area contributed by atoms with E-state index in [-0.39, 0.29) is 57.6 Å². The molecule has 0 spiro atoms. The van der Waals surface area contributed by atoms with Crippen LogP contribution in [0.25, 0.3) is 0 Å². The molecule has 6 atom stereocenters. The van der Waals surface area contributed by atoms with E-state index in [9.17, 15) is 14.4 Å². The smallest absolute Gasteiger partial charge is 0.242 e. The van der Waals surface area contributed by atoms with Crippen molar-refractivity contribution >= 4 is 49.6 Å². The number of alkyl halides is 2. The second-order valence-electron chi connectivity index (χ2n) is 8.91. The number of likely N-dealkylation sites (tertiary alicyclic amines) is 1. The predicted octanol–water partition coefficient (Wildman–Crippen LogP) is 2.11. The third kappa shape index (κ3) is 3.35. The van der Waals surface area contributed by atoms with Gasteiger partial charge >= 0.3 is 0 Å². The van der Waals surface area contributed by atoms with Crippen LogP contribution in [0.1, 0.15) is 12.0 Å². The number of carbonyl (C=O) groups excluding carboxylic acids is 3. The number of nitrogens with zero attached hydrogens (tertiary/aromatic N) is 3. The molecule has 8 heteroatoms. The molecule has 2 aliphatic carbocycles. The first kappa shape index (κ1) is 20.6. The number of halogens is 2. The van der Waals surface area contributed by atoms with E-state index < -0.39 is 0 Å². The van der Waals surface area contributed by atoms with Gasteiger partial charge < -0.3 is 4.90 Å². The molecular formula is C22H25Br2N3O3. The fourth-order valence-electron chi connectivity index (χ4n) is 5.80. The minimum Gasteiger partial charge on any atom is -0.339 e. The lowest BCUT2D eigenvalue weighted by atomic mass is 9.81. The molecule has 0 radical (unpaired) electrons. The average molecular weight is 539 g/mol. The van der Waals surface area contributed by atoms with Crippen LogP contribution in [0.15, 0.2) is 30.3 Å². The Hall–Kier alpha value is -1.25. The number of piperazine rings is 1. The molecule has 0 unspecified atom stereocenters. The van der Waals surface area contributed by atoms with Crippen molar-refractivity contribution < 1.29 is 14.4 Å². The molecule has 2 saturated carbocycles. The molecule has 30 heavy (non-hydrogen) atoms. The number of rotatable bonds is 4. The van der Waals surface area contributed by atoms with Crippen molar-refractivity contribution in [1.29, 1.82) is 0 Å². The van der Waals surface area contributed by atoms with Crippen LogP contribution in [0.3, 0.4) is 0 Å². The highest BCUT2D eigenvalue weighted by Gasteiger charge is 2.66. The largest absolute Gasteiger partial charge is 0.339 e. The highest BCUT2D eigenvalue weighted by Crippen LogP contribution is 2.60. The molecule has 2 heterocycles. The maximum Gasteiger partial charge on any atom is 0.242 e. The van der Waals surface area contributed by atoms with Crippen molar-refractivity contribution in [2.24, 2.45) is 23.7 Å². The fourth-order valence-corrected chi connectivity index (χ4v) is 7.67. The van der Waals surface area contributed by atoms with E-state index in [1.807, 2.05) is 18.2 Å². The van der Waals surface area contributed by atoms with E-state index in [4.69, 9.17) is 0 Å². The van der Waals surface area contributed by atoms with Crippen molar-refractivity contribution in [3.63, 3.8) is 0 Å². The summed E-state index contributed by atoms with van der Waals surface area (Å²) < 4.78 is 0. The van der Waals surface area contributed by atoms with Gasteiger partial charge in [-0.15, -0.1) is 0 Å². The van der Waals surface area contributed by atoms with E-state index in [1.54, 1.807) is 4.90 Å². The Labute approximate surface area is 193 Å². The molecule has 2 bridgehead atoms. The van der Waals surface area contributed by atoms with Crippen LogP contribution in [-0.4, -0.2) is 74.8 Å². The number of fused-ring (bicyclic) bond motifs is 5. The summed E-state index contributed by atoms with van der Waals surface area (Å²) >= 11 is 7.40. The topological polar surface area (TPSA) is 60.9 Å². The van der Waals surface area contributed by atoms with E-state index in [1.165, 1.54) is 10.5 Å². The van der Waals surface area contributed by atoms with Gasteiger partial charge in [0.05, 0.1) is 11.8 Å². The third-order valence-electron chi connectivity index (χ3n) is 7.35. The number of amides is 3. The van der Waals surface area contributed by atoms with E-state index >= 15 is 0 Å². The van der Waals surface area contributed by atoms with Crippen LogP contribution in [0.5, 0.6) is 0 Å². The number of hydrogen-bond acceptors (Lipinski definition) is 4. The van der Waals surface area contributed by atoms with Gasteiger partial charge in [0, 0.05) is 42.4 Å². The summed E-state index contributed by atoms with van der Waals surface area (Å²) in [6.45, 7) is 3.63. The summed E-state index contributed by atoms with van der Waals surface area (Å²) in [4.78, 5) is 44.7. The molecule has 160 valence electrons. The Morgan fingerprint density at radius 3 is 2.03 bits per heavy atom. The summed E-state index contributed by atoms with van der Waals surface area (Å²) in [5.74, 6) is -0.540. The van der Waals surface area contributed by atoms with Gasteiger partial charge in [0.1, 0.15) is 6.54 Å². The summed E-state index contributed by atoms with van der Waals surface area (Å²) in [6.07, 6.45) is 0.907. The summed E-state index contributed by atoms with van der Waals surface area (Å²) in [6, 6.07) is 10.3. The van der Waals surface area contributed by atoms with Crippen LogP contribution in [0.2, 0.25) is 0 Å². The molecular weight excluding hydrogens is 514 g/mol. The fraction of sp³-hybridized carbons (Fsp3) is 0.591. The number of imide groups is 1. The van der Waals surface area contributed by atoms with Crippen LogP contribution in [-0.2, 0) is 20.9 Å². The maximum absolute atomic E-state index is 13.0. The molecule has 1 aromatic rings. The third-order valence-corrected chi connectivity index (χ3v) is 10.6. The van der Waals surface area contributed by atoms with Crippen LogP contribution < -0.4 is 0 Å². The molecule has 0 aromatic heterocycles. The Bertz CT molecular complexity index is 826. The zero-order valence-electron chi connectivity index (χ0n) is 16.6. The normalized spacial score (nSPS) is 35.9. The van der Waals surface area contributed by atoms with Crippen LogP contribution in [0.4, 0.5) is 0 Å². The van der Waals surface area contributed by atoms with Gasteiger partial charge in [-0.05, 0) is 23.8 Å². The first-order valence-corrected chi connectivity index (χ1v) is 12.5.